The minimum Gasteiger partial charge on any atom is -0.483 e. The fourth-order valence-electron chi connectivity index (χ4n) is 1.90. The number of hydrogen-bond donors (Lipinski definition) is 0. The molecule has 2 rings (SSSR count). The first-order valence-corrected chi connectivity index (χ1v) is 8.81. The molecule has 1 aromatic heterocycles. The average Bonchev–Trinajstić information content (AvgIpc) is 2.95. The smallest absolute Gasteiger partial charge is 0.196 e. The van der Waals surface area contributed by atoms with Gasteiger partial charge in [0.1, 0.15) is 10.8 Å². The number of carbonyl (C=O) groups is 1. The van der Waals surface area contributed by atoms with Gasteiger partial charge in [-0.1, -0.05) is 0 Å². The quantitative estimate of drug-likeness (QED) is 0.753. The fraction of sp³-hybridized carbons (Fsp3) is 0.312. The van der Waals surface area contributed by atoms with Gasteiger partial charge in [-0.3, -0.25) is 4.79 Å². The minimum absolute atomic E-state index is 0.272. The van der Waals surface area contributed by atoms with Crippen molar-refractivity contribution < 1.29 is 9.53 Å². The van der Waals surface area contributed by atoms with E-state index >= 15 is 0 Å². The van der Waals surface area contributed by atoms with Gasteiger partial charge in [0.2, 0.25) is 0 Å². The Morgan fingerprint density at radius 1 is 1.41 bits per heavy atom. The molecular formula is C16H16N2O2S2. The van der Waals surface area contributed by atoms with Crippen LogP contribution < -0.4 is 4.74 Å². The SMILES string of the molecule is CSc1ccc(O[C@@H](C)C(=O)[C@H](C#N)c2nc(C)cs2)cc1. The Hall–Kier alpha value is -1.84. The number of nitriles is 1. The second kappa shape index (κ2) is 7.43. The van der Waals surface area contributed by atoms with Gasteiger partial charge in [-0.25, -0.2) is 4.98 Å². The monoisotopic (exact) mass is 332 g/mol. The molecule has 0 spiro atoms. The number of aryl methyl sites for hydroxylation is 1. The molecule has 114 valence electrons. The Balaban J connectivity index is 2.08. The number of thiazole rings is 1. The highest BCUT2D eigenvalue weighted by atomic mass is 32.2. The van der Waals surface area contributed by atoms with Gasteiger partial charge in [0.05, 0.1) is 6.07 Å². The molecule has 4 nitrogen and oxygen atoms in total. The van der Waals surface area contributed by atoms with E-state index in [0.29, 0.717) is 10.8 Å². The Morgan fingerprint density at radius 2 is 2.09 bits per heavy atom. The van der Waals surface area contributed by atoms with Crippen LogP contribution >= 0.6 is 23.1 Å². The molecule has 0 amide bonds. The Bertz CT molecular complexity index is 689. The van der Waals surface area contributed by atoms with Crippen molar-refractivity contribution in [2.75, 3.05) is 6.26 Å². The van der Waals surface area contributed by atoms with E-state index in [1.165, 1.54) is 11.3 Å². The van der Waals surface area contributed by atoms with Crippen molar-refractivity contribution in [1.29, 1.82) is 5.26 Å². The highest BCUT2D eigenvalue weighted by molar-refractivity contribution is 7.98. The van der Waals surface area contributed by atoms with E-state index in [1.54, 1.807) is 18.7 Å². The maximum absolute atomic E-state index is 12.4. The number of thioether (sulfide) groups is 1. The zero-order valence-corrected chi connectivity index (χ0v) is 14.2. The van der Waals surface area contributed by atoms with Crippen LogP contribution in [0.4, 0.5) is 0 Å². The maximum Gasteiger partial charge on any atom is 0.196 e. The van der Waals surface area contributed by atoms with Crippen LogP contribution in [0.15, 0.2) is 34.5 Å². The van der Waals surface area contributed by atoms with Crippen LogP contribution in [-0.2, 0) is 4.79 Å². The van der Waals surface area contributed by atoms with Crippen molar-refractivity contribution in [1.82, 2.24) is 4.98 Å². The van der Waals surface area contributed by atoms with E-state index in [4.69, 9.17) is 4.74 Å². The van der Waals surface area contributed by atoms with Gasteiger partial charge in [0, 0.05) is 16.0 Å². The van der Waals surface area contributed by atoms with Crippen LogP contribution in [0.3, 0.4) is 0 Å². The van der Waals surface area contributed by atoms with Crippen molar-refractivity contribution in [3.8, 4) is 11.8 Å². The summed E-state index contributed by atoms with van der Waals surface area (Å²) in [6, 6.07) is 9.55. The molecule has 0 unspecified atom stereocenters. The molecule has 22 heavy (non-hydrogen) atoms. The van der Waals surface area contributed by atoms with Crippen LogP contribution in [0.5, 0.6) is 5.75 Å². The zero-order chi connectivity index (χ0) is 16.1. The standard InChI is InChI=1S/C16H16N2O2S2/c1-10-9-22-16(18-10)14(8-17)15(19)11(2)20-12-4-6-13(21-3)7-5-12/h4-7,9,11,14H,1-3H3/t11-,14-/m0/s1. The van der Waals surface area contributed by atoms with Crippen LogP contribution in [0.1, 0.15) is 23.5 Å². The third-order valence-electron chi connectivity index (χ3n) is 3.07. The number of aromatic nitrogens is 1. The number of nitrogens with zero attached hydrogens (tertiary/aromatic N) is 2. The molecule has 0 saturated heterocycles. The van der Waals surface area contributed by atoms with Crippen LogP contribution in [0, 0.1) is 18.3 Å². The van der Waals surface area contributed by atoms with E-state index in [0.717, 1.165) is 10.6 Å². The summed E-state index contributed by atoms with van der Waals surface area (Å²) in [5.74, 6) is -0.532. The Kier molecular flexibility index (Phi) is 5.58. The zero-order valence-electron chi connectivity index (χ0n) is 12.6. The van der Waals surface area contributed by atoms with Gasteiger partial charge in [-0.05, 0) is 44.4 Å². The molecule has 6 heteroatoms. The summed E-state index contributed by atoms with van der Waals surface area (Å²) in [6.45, 7) is 3.50. The van der Waals surface area contributed by atoms with Gasteiger partial charge in [-0.15, -0.1) is 23.1 Å². The number of benzene rings is 1. The summed E-state index contributed by atoms with van der Waals surface area (Å²) in [6.07, 6.45) is 1.30. The molecule has 0 saturated carbocycles. The molecular weight excluding hydrogens is 316 g/mol. The minimum atomic E-state index is -0.876. The van der Waals surface area contributed by atoms with Crippen molar-refractivity contribution in [3.63, 3.8) is 0 Å². The van der Waals surface area contributed by atoms with Gasteiger partial charge < -0.3 is 4.74 Å². The van der Waals surface area contributed by atoms with E-state index in [-0.39, 0.29) is 5.78 Å². The number of Topliss-reactive ketones (excluding diaryl/α,β-unsaturated/α-hetero) is 1. The second-order valence-corrected chi connectivity index (χ2v) is 6.50. The van der Waals surface area contributed by atoms with Crippen molar-refractivity contribution in [3.05, 3.63) is 40.3 Å². The number of carbonyl (C=O) groups excluding carboxylic acids is 1. The first kappa shape index (κ1) is 16.5. The predicted molar refractivity (Wildman–Crippen MR) is 88.5 cm³/mol. The fourth-order valence-corrected chi connectivity index (χ4v) is 3.15. The van der Waals surface area contributed by atoms with Crippen LogP contribution in [-0.4, -0.2) is 23.1 Å². The van der Waals surface area contributed by atoms with E-state index in [2.05, 4.69) is 4.98 Å². The van der Waals surface area contributed by atoms with E-state index in [1.807, 2.05) is 48.9 Å². The first-order valence-electron chi connectivity index (χ1n) is 6.71. The van der Waals surface area contributed by atoms with Crippen molar-refractivity contribution in [2.45, 2.75) is 30.8 Å². The molecule has 0 aliphatic carbocycles. The van der Waals surface area contributed by atoms with E-state index in [9.17, 15) is 10.1 Å². The summed E-state index contributed by atoms with van der Waals surface area (Å²) in [5.41, 5.74) is 0.814. The third-order valence-corrected chi connectivity index (χ3v) is 4.84. The lowest BCUT2D eigenvalue weighted by atomic mass is 10.0. The van der Waals surface area contributed by atoms with Gasteiger partial charge >= 0.3 is 0 Å². The molecule has 1 heterocycles. The Morgan fingerprint density at radius 3 is 2.59 bits per heavy atom. The lowest BCUT2D eigenvalue weighted by molar-refractivity contribution is -0.125. The molecule has 0 aliphatic heterocycles. The maximum atomic E-state index is 12.4. The van der Waals surface area contributed by atoms with Gasteiger partial charge in [-0.2, -0.15) is 5.26 Å². The lowest BCUT2D eigenvalue weighted by Crippen LogP contribution is -2.28. The largest absolute Gasteiger partial charge is 0.483 e. The topological polar surface area (TPSA) is 63.0 Å². The highest BCUT2D eigenvalue weighted by Crippen LogP contribution is 2.24. The summed E-state index contributed by atoms with van der Waals surface area (Å²) in [5, 5.41) is 11.6. The van der Waals surface area contributed by atoms with Crippen LogP contribution in [0.25, 0.3) is 0 Å². The van der Waals surface area contributed by atoms with E-state index < -0.39 is 12.0 Å². The second-order valence-electron chi connectivity index (χ2n) is 4.73. The average molecular weight is 332 g/mol. The molecule has 0 aliphatic rings. The predicted octanol–water partition coefficient (Wildman–Crippen LogP) is 3.82. The van der Waals surface area contributed by atoms with Crippen molar-refractivity contribution >= 4 is 28.9 Å². The molecule has 2 atom stereocenters. The lowest BCUT2D eigenvalue weighted by Gasteiger charge is -2.15. The molecule has 1 aromatic carbocycles. The molecule has 0 bridgehead atoms. The molecule has 2 aromatic rings. The number of ether oxygens (including phenoxy) is 1. The summed E-state index contributed by atoms with van der Waals surface area (Å²) in [4.78, 5) is 17.8. The third kappa shape index (κ3) is 3.87. The van der Waals surface area contributed by atoms with Crippen LogP contribution in [0.2, 0.25) is 0 Å². The highest BCUT2D eigenvalue weighted by Gasteiger charge is 2.29. The number of hydrogen-bond acceptors (Lipinski definition) is 6. The number of ketones is 1. The molecule has 0 N–H and O–H groups in total. The first-order chi connectivity index (χ1) is 10.5. The van der Waals surface area contributed by atoms with Crippen molar-refractivity contribution in [2.24, 2.45) is 0 Å². The molecule has 0 radical (unpaired) electrons. The van der Waals surface area contributed by atoms with Gasteiger partial charge in [0.25, 0.3) is 0 Å². The summed E-state index contributed by atoms with van der Waals surface area (Å²) in [7, 11) is 0. The summed E-state index contributed by atoms with van der Waals surface area (Å²) < 4.78 is 5.65. The summed E-state index contributed by atoms with van der Waals surface area (Å²) >= 11 is 2.96. The van der Waals surface area contributed by atoms with Gasteiger partial charge in [0.15, 0.2) is 17.8 Å². The Labute approximate surface area is 138 Å². The molecule has 0 fully saturated rings. The number of rotatable bonds is 6. The normalized spacial score (nSPS) is 13.2.